The van der Waals surface area contributed by atoms with Crippen molar-refractivity contribution in [1.29, 1.82) is 0 Å². The molecule has 0 aliphatic rings. The Morgan fingerprint density at radius 2 is 2.17 bits per heavy atom. The quantitative estimate of drug-likeness (QED) is 0.817. The van der Waals surface area contributed by atoms with Gasteiger partial charge < -0.3 is 4.74 Å². The van der Waals surface area contributed by atoms with Gasteiger partial charge in [0.25, 0.3) is 0 Å². The van der Waals surface area contributed by atoms with Crippen LogP contribution < -0.4 is 4.74 Å². The van der Waals surface area contributed by atoms with Crippen LogP contribution in [0.1, 0.15) is 16.1 Å². The Morgan fingerprint density at radius 1 is 1.39 bits per heavy atom. The van der Waals surface area contributed by atoms with Gasteiger partial charge in [0.2, 0.25) is 5.78 Å². The predicted molar refractivity (Wildman–Crippen MR) is 68.3 cm³/mol. The summed E-state index contributed by atoms with van der Waals surface area (Å²) in [6.45, 7) is 0. The molecule has 0 aliphatic carbocycles. The molecule has 18 heavy (non-hydrogen) atoms. The number of aromatic nitrogens is 1. The topological polar surface area (TPSA) is 39.2 Å². The molecule has 1 aromatic heterocycles. The summed E-state index contributed by atoms with van der Waals surface area (Å²) in [7, 11) is 1.47. The first kappa shape index (κ1) is 12.7. The van der Waals surface area contributed by atoms with Crippen molar-refractivity contribution in [2.45, 2.75) is 0 Å². The average Bonchev–Trinajstić information content (AvgIpc) is 2.38. The number of ether oxygens (including phenoxy) is 1. The number of methoxy groups -OCH3 is 1. The number of nitrogens with zero attached hydrogens (tertiary/aromatic N) is 1. The highest BCUT2D eigenvalue weighted by atomic mass is 79.9. The summed E-state index contributed by atoms with van der Waals surface area (Å²) in [6, 6.07) is 7.21. The first-order chi connectivity index (χ1) is 8.63. The Kier molecular flexibility index (Phi) is 3.72. The summed E-state index contributed by atoms with van der Waals surface area (Å²) < 4.78 is 18.4. The highest BCUT2D eigenvalue weighted by molar-refractivity contribution is 9.10. The zero-order valence-corrected chi connectivity index (χ0v) is 11.1. The van der Waals surface area contributed by atoms with E-state index >= 15 is 0 Å². The minimum Gasteiger partial charge on any atom is -0.494 e. The molecule has 0 N–H and O–H groups in total. The Labute approximate surface area is 112 Å². The van der Waals surface area contributed by atoms with Gasteiger partial charge in [-0.05, 0) is 46.3 Å². The lowest BCUT2D eigenvalue weighted by Crippen LogP contribution is -2.07. The van der Waals surface area contributed by atoms with Crippen molar-refractivity contribution in [3.05, 3.63) is 58.1 Å². The molecule has 92 valence electrons. The van der Waals surface area contributed by atoms with Gasteiger partial charge >= 0.3 is 0 Å². The van der Waals surface area contributed by atoms with Crippen molar-refractivity contribution in [1.82, 2.24) is 4.98 Å². The highest BCUT2D eigenvalue weighted by Gasteiger charge is 2.18. The molecule has 0 spiro atoms. The molecule has 1 aromatic carbocycles. The maximum absolute atomic E-state index is 13.0. The van der Waals surface area contributed by atoms with Crippen LogP contribution in [0.25, 0.3) is 0 Å². The summed E-state index contributed by atoms with van der Waals surface area (Å²) in [5.41, 5.74) is 0.542. The number of hydrogen-bond donors (Lipinski definition) is 0. The molecule has 0 unspecified atom stereocenters. The number of carbonyl (C=O) groups excluding carboxylic acids is 1. The van der Waals surface area contributed by atoms with Crippen LogP contribution in [-0.2, 0) is 0 Å². The third kappa shape index (κ3) is 2.41. The Hall–Kier alpha value is -1.75. The SMILES string of the molecule is COc1cccnc1C(=O)c1ccc(F)cc1Br. The minimum absolute atomic E-state index is 0.201. The van der Waals surface area contributed by atoms with Crippen molar-refractivity contribution in [2.24, 2.45) is 0 Å². The Morgan fingerprint density at radius 3 is 2.83 bits per heavy atom. The first-order valence-corrected chi connectivity index (χ1v) is 5.91. The third-order valence-corrected chi connectivity index (χ3v) is 3.04. The molecule has 0 saturated heterocycles. The maximum atomic E-state index is 13.0. The summed E-state index contributed by atoms with van der Waals surface area (Å²) >= 11 is 3.16. The van der Waals surface area contributed by atoms with E-state index in [2.05, 4.69) is 20.9 Å². The van der Waals surface area contributed by atoms with Gasteiger partial charge in [0.1, 0.15) is 11.6 Å². The lowest BCUT2D eigenvalue weighted by Gasteiger charge is -2.07. The second-order valence-electron chi connectivity index (χ2n) is 3.51. The number of halogens is 2. The van der Waals surface area contributed by atoms with Crippen LogP contribution in [0, 0.1) is 5.82 Å². The largest absolute Gasteiger partial charge is 0.494 e. The standard InChI is InChI=1S/C13H9BrFNO2/c1-18-11-3-2-6-16-12(11)13(17)9-5-4-8(15)7-10(9)14/h2-7H,1H3. The fourth-order valence-electron chi connectivity index (χ4n) is 1.53. The monoisotopic (exact) mass is 309 g/mol. The third-order valence-electron chi connectivity index (χ3n) is 2.38. The molecule has 0 saturated carbocycles. The van der Waals surface area contributed by atoms with Gasteiger partial charge in [-0.1, -0.05) is 0 Å². The predicted octanol–water partition coefficient (Wildman–Crippen LogP) is 3.22. The highest BCUT2D eigenvalue weighted by Crippen LogP contribution is 2.24. The second-order valence-corrected chi connectivity index (χ2v) is 4.36. The second kappa shape index (κ2) is 5.27. The van der Waals surface area contributed by atoms with Crippen LogP contribution in [0.4, 0.5) is 4.39 Å². The van der Waals surface area contributed by atoms with Crippen molar-refractivity contribution >= 4 is 21.7 Å². The van der Waals surface area contributed by atoms with Gasteiger partial charge in [0, 0.05) is 16.2 Å². The van der Waals surface area contributed by atoms with Crippen LogP contribution >= 0.6 is 15.9 Å². The van der Waals surface area contributed by atoms with Crippen LogP contribution in [0.15, 0.2) is 41.0 Å². The van der Waals surface area contributed by atoms with E-state index in [1.54, 1.807) is 12.1 Å². The summed E-state index contributed by atoms with van der Waals surface area (Å²) in [5.74, 6) is -0.343. The molecule has 0 aliphatic heterocycles. The molecule has 0 fully saturated rings. The lowest BCUT2D eigenvalue weighted by molar-refractivity contribution is 0.103. The molecule has 2 rings (SSSR count). The van der Waals surface area contributed by atoms with E-state index < -0.39 is 5.82 Å². The van der Waals surface area contributed by atoms with E-state index in [1.807, 2.05) is 0 Å². The number of carbonyl (C=O) groups is 1. The van der Waals surface area contributed by atoms with E-state index in [4.69, 9.17) is 4.74 Å². The zero-order chi connectivity index (χ0) is 13.1. The lowest BCUT2D eigenvalue weighted by atomic mass is 10.1. The number of rotatable bonds is 3. The van der Waals surface area contributed by atoms with Gasteiger partial charge in [-0.3, -0.25) is 4.79 Å². The van der Waals surface area contributed by atoms with E-state index in [9.17, 15) is 9.18 Å². The average molecular weight is 310 g/mol. The number of ketones is 1. The maximum Gasteiger partial charge on any atom is 0.216 e. The van der Waals surface area contributed by atoms with Gasteiger partial charge in [0.05, 0.1) is 7.11 Å². The van der Waals surface area contributed by atoms with Crippen molar-refractivity contribution in [3.8, 4) is 5.75 Å². The summed E-state index contributed by atoms with van der Waals surface area (Å²) in [5, 5.41) is 0. The van der Waals surface area contributed by atoms with Gasteiger partial charge in [-0.25, -0.2) is 9.37 Å². The summed E-state index contributed by atoms with van der Waals surface area (Å²) in [4.78, 5) is 16.3. The minimum atomic E-state index is -0.411. The number of pyridine rings is 1. The first-order valence-electron chi connectivity index (χ1n) is 5.12. The zero-order valence-electron chi connectivity index (χ0n) is 9.48. The van der Waals surface area contributed by atoms with Gasteiger partial charge in [0.15, 0.2) is 5.69 Å². The van der Waals surface area contributed by atoms with E-state index in [1.165, 1.54) is 31.5 Å². The van der Waals surface area contributed by atoms with Crippen LogP contribution in [0.2, 0.25) is 0 Å². The van der Waals surface area contributed by atoms with Gasteiger partial charge in [-0.15, -0.1) is 0 Å². The van der Waals surface area contributed by atoms with Gasteiger partial charge in [-0.2, -0.15) is 0 Å². The van der Waals surface area contributed by atoms with Crippen LogP contribution in [0.5, 0.6) is 5.75 Å². The fraction of sp³-hybridized carbons (Fsp3) is 0.0769. The number of benzene rings is 1. The van der Waals surface area contributed by atoms with Crippen molar-refractivity contribution in [2.75, 3.05) is 7.11 Å². The Balaban J connectivity index is 2.48. The summed E-state index contributed by atoms with van der Waals surface area (Å²) in [6.07, 6.45) is 1.51. The number of hydrogen-bond acceptors (Lipinski definition) is 3. The molecule has 3 nitrogen and oxygen atoms in total. The smallest absolute Gasteiger partial charge is 0.216 e. The van der Waals surface area contributed by atoms with E-state index in [0.29, 0.717) is 15.8 Å². The molecule has 5 heteroatoms. The van der Waals surface area contributed by atoms with Crippen LogP contribution in [0.3, 0.4) is 0 Å². The molecular weight excluding hydrogens is 301 g/mol. The van der Waals surface area contributed by atoms with Crippen molar-refractivity contribution in [3.63, 3.8) is 0 Å². The molecular formula is C13H9BrFNO2. The molecule has 0 radical (unpaired) electrons. The molecule has 2 aromatic rings. The fourth-order valence-corrected chi connectivity index (χ4v) is 2.06. The van der Waals surface area contributed by atoms with Crippen LogP contribution in [-0.4, -0.2) is 17.9 Å². The van der Waals surface area contributed by atoms with Crippen molar-refractivity contribution < 1.29 is 13.9 Å². The molecule has 0 bridgehead atoms. The Bertz CT molecular complexity index is 601. The molecule has 1 heterocycles. The van der Waals surface area contributed by atoms with E-state index in [0.717, 1.165) is 0 Å². The van der Waals surface area contributed by atoms with E-state index in [-0.39, 0.29) is 11.5 Å². The molecule has 0 atom stereocenters. The molecule has 0 amide bonds. The normalized spacial score (nSPS) is 10.2.